The summed E-state index contributed by atoms with van der Waals surface area (Å²) in [5, 5.41) is 3.35. The largest absolute Gasteiger partial charge is 0.330 e. The molecule has 1 aromatic carbocycles. The molecule has 0 bridgehead atoms. The van der Waals surface area contributed by atoms with E-state index in [-0.39, 0.29) is 11.8 Å². The number of amides is 1. The highest BCUT2D eigenvalue weighted by Crippen LogP contribution is 2.26. The monoisotopic (exact) mass is 318 g/mol. The van der Waals surface area contributed by atoms with E-state index in [4.69, 9.17) is 17.3 Å². The van der Waals surface area contributed by atoms with E-state index in [2.05, 4.69) is 21.2 Å². The van der Waals surface area contributed by atoms with Crippen LogP contribution in [0.2, 0.25) is 5.02 Å². The number of nitrogens with one attached hydrogen (secondary N) is 1. The Hall–Kier alpha value is -0.580. The summed E-state index contributed by atoms with van der Waals surface area (Å²) in [4.78, 5) is 11.9. The Kier molecular flexibility index (Phi) is 5.95. The van der Waals surface area contributed by atoms with Crippen LogP contribution in [-0.4, -0.2) is 12.5 Å². The van der Waals surface area contributed by atoms with Crippen molar-refractivity contribution in [2.45, 2.75) is 19.8 Å². The predicted molar refractivity (Wildman–Crippen MR) is 75.2 cm³/mol. The topological polar surface area (TPSA) is 55.1 Å². The van der Waals surface area contributed by atoms with Crippen molar-refractivity contribution < 1.29 is 4.79 Å². The highest BCUT2D eigenvalue weighted by atomic mass is 79.9. The van der Waals surface area contributed by atoms with Gasteiger partial charge in [-0.1, -0.05) is 34.5 Å². The Morgan fingerprint density at radius 1 is 1.59 bits per heavy atom. The summed E-state index contributed by atoms with van der Waals surface area (Å²) in [6, 6.07) is 5.36. The normalized spacial score (nSPS) is 12.2. The van der Waals surface area contributed by atoms with Gasteiger partial charge in [0.05, 0.1) is 10.7 Å². The van der Waals surface area contributed by atoms with Gasteiger partial charge in [-0.05, 0) is 37.6 Å². The second kappa shape index (κ2) is 6.99. The summed E-state index contributed by atoms with van der Waals surface area (Å²) >= 11 is 9.33. The summed E-state index contributed by atoms with van der Waals surface area (Å²) in [5.74, 6) is -0.0907. The van der Waals surface area contributed by atoms with E-state index in [9.17, 15) is 4.79 Å². The van der Waals surface area contributed by atoms with Gasteiger partial charge in [0.2, 0.25) is 5.91 Å². The second-order valence-corrected chi connectivity index (χ2v) is 5.27. The van der Waals surface area contributed by atoms with Gasteiger partial charge < -0.3 is 11.1 Å². The van der Waals surface area contributed by atoms with E-state index in [1.807, 2.05) is 13.0 Å². The summed E-state index contributed by atoms with van der Waals surface area (Å²) in [6.07, 6.45) is 1.63. The predicted octanol–water partition coefficient (Wildman–Crippen LogP) is 3.42. The molecule has 0 aliphatic rings. The molecule has 5 heteroatoms. The summed E-state index contributed by atoms with van der Waals surface area (Å²) < 4.78 is 0.881. The zero-order valence-corrected chi connectivity index (χ0v) is 12.0. The van der Waals surface area contributed by atoms with Crippen LogP contribution in [0.5, 0.6) is 0 Å². The van der Waals surface area contributed by atoms with Gasteiger partial charge in [-0.2, -0.15) is 0 Å². The number of rotatable bonds is 5. The lowest BCUT2D eigenvalue weighted by atomic mass is 10.0. The molecular formula is C12H16BrClN2O. The minimum atomic E-state index is -0.0615. The number of nitrogens with two attached hydrogens (primary N) is 1. The van der Waals surface area contributed by atoms with Crippen molar-refractivity contribution in [2.24, 2.45) is 11.7 Å². The van der Waals surface area contributed by atoms with E-state index in [1.165, 1.54) is 0 Å². The zero-order valence-electron chi connectivity index (χ0n) is 9.67. The third-order valence-electron chi connectivity index (χ3n) is 2.48. The highest BCUT2D eigenvalue weighted by molar-refractivity contribution is 9.10. The Labute approximate surface area is 115 Å². The lowest BCUT2D eigenvalue weighted by molar-refractivity contribution is -0.119. The van der Waals surface area contributed by atoms with Gasteiger partial charge in [0, 0.05) is 10.4 Å². The lowest BCUT2D eigenvalue weighted by Gasteiger charge is -2.12. The number of benzene rings is 1. The molecule has 0 aliphatic carbocycles. The van der Waals surface area contributed by atoms with Gasteiger partial charge in [-0.25, -0.2) is 0 Å². The molecule has 0 fully saturated rings. The minimum Gasteiger partial charge on any atom is -0.330 e. The Bertz CT molecular complexity index is 398. The molecule has 17 heavy (non-hydrogen) atoms. The molecular weight excluding hydrogens is 304 g/mol. The molecule has 1 unspecified atom stereocenters. The number of hydrogen-bond acceptors (Lipinski definition) is 2. The van der Waals surface area contributed by atoms with Crippen LogP contribution in [-0.2, 0) is 4.79 Å². The first-order valence-corrected chi connectivity index (χ1v) is 6.67. The zero-order chi connectivity index (χ0) is 12.8. The van der Waals surface area contributed by atoms with Crippen LogP contribution < -0.4 is 11.1 Å². The van der Waals surface area contributed by atoms with Crippen molar-refractivity contribution in [1.29, 1.82) is 0 Å². The smallest absolute Gasteiger partial charge is 0.227 e. The van der Waals surface area contributed by atoms with Crippen molar-refractivity contribution in [3.63, 3.8) is 0 Å². The fraction of sp³-hybridized carbons (Fsp3) is 0.417. The summed E-state index contributed by atoms with van der Waals surface area (Å²) in [6.45, 7) is 2.49. The maximum Gasteiger partial charge on any atom is 0.227 e. The van der Waals surface area contributed by atoms with Gasteiger partial charge in [0.1, 0.15) is 0 Å². The molecule has 0 aromatic heterocycles. The fourth-order valence-electron chi connectivity index (χ4n) is 1.40. The average Bonchev–Trinajstić information content (AvgIpc) is 2.30. The molecule has 3 N–H and O–H groups in total. The number of anilines is 1. The number of carbonyl (C=O) groups excluding carboxylic acids is 1. The SMILES string of the molecule is CC(CCCN)C(=O)Nc1cc(Br)ccc1Cl. The number of carbonyl (C=O) groups is 1. The first-order chi connectivity index (χ1) is 8.04. The molecule has 1 aromatic rings. The molecule has 1 atom stereocenters. The van der Waals surface area contributed by atoms with Crippen LogP contribution >= 0.6 is 27.5 Å². The molecule has 0 aliphatic heterocycles. The van der Waals surface area contributed by atoms with E-state index >= 15 is 0 Å². The van der Waals surface area contributed by atoms with E-state index in [0.29, 0.717) is 17.3 Å². The Morgan fingerprint density at radius 3 is 2.94 bits per heavy atom. The molecule has 0 radical (unpaired) electrons. The van der Waals surface area contributed by atoms with Gasteiger partial charge in [0.15, 0.2) is 0 Å². The molecule has 0 saturated carbocycles. The molecule has 0 saturated heterocycles. The van der Waals surface area contributed by atoms with Gasteiger partial charge in [-0.15, -0.1) is 0 Å². The van der Waals surface area contributed by atoms with Crippen LogP contribution in [0.25, 0.3) is 0 Å². The molecule has 3 nitrogen and oxygen atoms in total. The first-order valence-electron chi connectivity index (χ1n) is 5.50. The van der Waals surface area contributed by atoms with Gasteiger partial charge >= 0.3 is 0 Å². The summed E-state index contributed by atoms with van der Waals surface area (Å²) in [5.41, 5.74) is 6.04. The molecule has 0 spiro atoms. The van der Waals surface area contributed by atoms with Crippen molar-refractivity contribution in [2.75, 3.05) is 11.9 Å². The second-order valence-electron chi connectivity index (χ2n) is 3.95. The van der Waals surface area contributed by atoms with Crippen LogP contribution in [0.15, 0.2) is 22.7 Å². The molecule has 0 heterocycles. The van der Waals surface area contributed by atoms with Crippen molar-refractivity contribution in [3.05, 3.63) is 27.7 Å². The number of halogens is 2. The Morgan fingerprint density at radius 2 is 2.29 bits per heavy atom. The van der Waals surface area contributed by atoms with E-state index in [0.717, 1.165) is 17.3 Å². The number of hydrogen-bond donors (Lipinski definition) is 2. The quantitative estimate of drug-likeness (QED) is 0.873. The van der Waals surface area contributed by atoms with E-state index in [1.54, 1.807) is 12.1 Å². The van der Waals surface area contributed by atoms with Gasteiger partial charge in [0.25, 0.3) is 0 Å². The first kappa shape index (κ1) is 14.5. The van der Waals surface area contributed by atoms with Crippen LogP contribution in [0.4, 0.5) is 5.69 Å². The van der Waals surface area contributed by atoms with Crippen molar-refractivity contribution >= 4 is 39.1 Å². The average molecular weight is 320 g/mol. The van der Waals surface area contributed by atoms with Crippen molar-refractivity contribution in [1.82, 2.24) is 0 Å². The maximum absolute atomic E-state index is 11.9. The van der Waals surface area contributed by atoms with Crippen molar-refractivity contribution in [3.8, 4) is 0 Å². The maximum atomic E-state index is 11.9. The minimum absolute atomic E-state index is 0.0292. The highest BCUT2D eigenvalue weighted by Gasteiger charge is 2.13. The third kappa shape index (κ3) is 4.66. The van der Waals surface area contributed by atoms with Crippen LogP contribution in [0, 0.1) is 5.92 Å². The van der Waals surface area contributed by atoms with Crippen LogP contribution in [0.1, 0.15) is 19.8 Å². The lowest BCUT2D eigenvalue weighted by Crippen LogP contribution is -2.21. The Balaban J connectivity index is 2.64. The molecule has 1 rings (SSSR count). The van der Waals surface area contributed by atoms with Crippen LogP contribution in [0.3, 0.4) is 0 Å². The summed E-state index contributed by atoms with van der Waals surface area (Å²) in [7, 11) is 0. The standard InChI is InChI=1S/C12H16BrClN2O/c1-8(3-2-6-15)12(17)16-11-7-9(13)4-5-10(11)14/h4-5,7-8H,2-3,6,15H2,1H3,(H,16,17). The third-order valence-corrected chi connectivity index (χ3v) is 3.30. The molecule has 94 valence electrons. The van der Waals surface area contributed by atoms with Gasteiger partial charge in [-0.3, -0.25) is 4.79 Å². The fourth-order valence-corrected chi connectivity index (χ4v) is 1.93. The molecule has 1 amide bonds. The van der Waals surface area contributed by atoms with E-state index < -0.39 is 0 Å².